The molecule has 0 N–H and O–H groups in total. The van der Waals surface area contributed by atoms with Crippen LogP contribution in [0.1, 0.15) is 37.8 Å². The van der Waals surface area contributed by atoms with Crippen LogP contribution in [0.5, 0.6) is 0 Å². The van der Waals surface area contributed by atoms with Gasteiger partial charge in [0.2, 0.25) is 0 Å². The standard InChI is InChI=1S/C22H24F2O/c1-3-19(17-11-7-5-8-12-17)21(23)15-25-16-22(24)20(4-2)18-13-9-6-10-14-18/h5-14H,3-4,15-16H2,1-2H3/b21-19+,22-20+. The lowest BCUT2D eigenvalue weighted by Gasteiger charge is -2.10. The molecule has 0 saturated carbocycles. The molecule has 0 atom stereocenters. The molecule has 0 aliphatic heterocycles. The molecular weight excluding hydrogens is 318 g/mol. The van der Waals surface area contributed by atoms with Crippen LogP contribution in [0.3, 0.4) is 0 Å². The van der Waals surface area contributed by atoms with Gasteiger partial charge < -0.3 is 4.74 Å². The Hall–Kier alpha value is -2.26. The SMILES string of the molecule is CC/C(=C(\F)COC/C(F)=C(/CC)c1ccccc1)c1ccccc1. The molecule has 2 aromatic rings. The fourth-order valence-electron chi connectivity index (χ4n) is 2.79. The molecule has 2 aromatic carbocycles. The number of hydrogen-bond acceptors (Lipinski definition) is 1. The Balaban J connectivity index is 2.05. The molecule has 3 heteroatoms. The van der Waals surface area contributed by atoms with Crippen LogP contribution in [0.15, 0.2) is 72.3 Å². The van der Waals surface area contributed by atoms with Crippen molar-refractivity contribution in [3.8, 4) is 0 Å². The van der Waals surface area contributed by atoms with Crippen LogP contribution in [-0.2, 0) is 4.74 Å². The maximum atomic E-state index is 14.4. The minimum Gasteiger partial charge on any atom is -0.367 e. The molecule has 0 bridgehead atoms. The maximum absolute atomic E-state index is 14.4. The van der Waals surface area contributed by atoms with Gasteiger partial charge in [0, 0.05) is 0 Å². The van der Waals surface area contributed by atoms with E-state index in [2.05, 4.69) is 0 Å². The summed E-state index contributed by atoms with van der Waals surface area (Å²) >= 11 is 0. The highest BCUT2D eigenvalue weighted by atomic mass is 19.1. The van der Waals surface area contributed by atoms with Crippen molar-refractivity contribution in [3.63, 3.8) is 0 Å². The van der Waals surface area contributed by atoms with E-state index in [-0.39, 0.29) is 24.9 Å². The summed E-state index contributed by atoms with van der Waals surface area (Å²) in [7, 11) is 0. The number of allylic oxidation sites excluding steroid dienone is 2. The van der Waals surface area contributed by atoms with Crippen molar-refractivity contribution < 1.29 is 13.5 Å². The zero-order chi connectivity index (χ0) is 18.1. The van der Waals surface area contributed by atoms with E-state index in [9.17, 15) is 8.78 Å². The molecule has 0 heterocycles. The molecule has 0 aliphatic carbocycles. The van der Waals surface area contributed by atoms with Gasteiger partial charge in [-0.3, -0.25) is 0 Å². The van der Waals surface area contributed by atoms with Gasteiger partial charge in [-0.2, -0.15) is 0 Å². The van der Waals surface area contributed by atoms with Crippen LogP contribution in [0, 0.1) is 0 Å². The molecule has 1 nitrogen and oxygen atoms in total. The van der Waals surface area contributed by atoms with Crippen molar-refractivity contribution in [2.24, 2.45) is 0 Å². The Morgan fingerprint density at radius 3 is 1.36 bits per heavy atom. The molecule has 0 amide bonds. The predicted octanol–water partition coefficient (Wildman–Crippen LogP) is 6.58. The third kappa shape index (κ3) is 5.36. The Morgan fingerprint density at radius 1 is 0.680 bits per heavy atom. The number of rotatable bonds is 8. The maximum Gasteiger partial charge on any atom is 0.129 e. The van der Waals surface area contributed by atoms with E-state index in [0.717, 1.165) is 11.1 Å². The molecule has 132 valence electrons. The minimum absolute atomic E-state index is 0.225. The van der Waals surface area contributed by atoms with E-state index in [1.54, 1.807) is 0 Å². The van der Waals surface area contributed by atoms with Gasteiger partial charge in [0.05, 0.1) is 13.2 Å². The van der Waals surface area contributed by atoms with Gasteiger partial charge in [-0.25, -0.2) is 8.78 Å². The Bertz CT molecular complexity index is 655. The van der Waals surface area contributed by atoms with E-state index < -0.39 is 0 Å². The first-order valence-corrected chi connectivity index (χ1v) is 8.61. The van der Waals surface area contributed by atoms with E-state index in [4.69, 9.17) is 4.74 Å². The van der Waals surface area contributed by atoms with Gasteiger partial charge in [-0.15, -0.1) is 0 Å². The van der Waals surface area contributed by atoms with E-state index in [1.807, 2.05) is 74.5 Å². The van der Waals surface area contributed by atoms with Crippen molar-refractivity contribution in [3.05, 3.63) is 83.4 Å². The molecule has 0 fully saturated rings. The van der Waals surface area contributed by atoms with Crippen LogP contribution < -0.4 is 0 Å². The number of ether oxygens (including phenoxy) is 1. The fraction of sp³-hybridized carbons (Fsp3) is 0.273. The predicted molar refractivity (Wildman–Crippen MR) is 100 cm³/mol. The second kappa shape index (κ2) is 9.90. The third-order valence-corrected chi connectivity index (χ3v) is 4.06. The van der Waals surface area contributed by atoms with Crippen molar-refractivity contribution in [2.45, 2.75) is 26.7 Å². The molecule has 0 radical (unpaired) electrons. The highest BCUT2D eigenvalue weighted by Gasteiger charge is 2.11. The lowest BCUT2D eigenvalue weighted by atomic mass is 10.0. The van der Waals surface area contributed by atoms with Crippen molar-refractivity contribution in [2.75, 3.05) is 13.2 Å². The van der Waals surface area contributed by atoms with Gasteiger partial charge in [0.1, 0.15) is 11.7 Å². The average molecular weight is 342 g/mol. The normalized spacial score (nSPS) is 13.3. The van der Waals surface area contributed by atoms with Gasteiger partial charge in [0.15, 0.2) is 0 Å². The molecule has 0 aromatic heterocycles. The summed E-state index contributed by atoms with van der Waals surface area (Å²) < 4.78 is 34.2. The second-order valence-electron chi connectivity index (χ2n) is 5.70. The number of halogens is 2. The summed E-state index contributed by atoms with van der Waals surface area (Å²) in [4.78, 5) is 0. The Labute approximate surface area is 148 Å². The Morgan fingerprint density at radius 2 is 1.04 bits per heavy atom. The van der Waals surface area contributed by atoms with E-state index in [1.165, 1.54) is 0 Å². The van der Waals surface area contributed by atoms with E-state index >= 15 is 0 Å². The average Bonchev–Trinajstić information content (AvgIpc) is 2.65. The fourth-order valence-corrected chi connectivity index (χ4v) is 2.79. The first-order valence-electron chi connectivity index (χ1n) is 8.61. The molecule has 0 saturated heterocycles. The highest BCUT2D eigenvalue weighted by molar-refractivity contribution is 5.68. The number of benzene rings is 2. The summed E-state index contributed by atoms with van der Waals surface area (Å²) in [6.07, 6.45) is 1.11. The lowest BCUT2D eigenvalue weighted by Crippen LogP contribution is -2.02. The minimum atomic E-state index is -0.348. The van der Waals surface area contributed by atoms with E-state index in [0.29, 0.717) is 24.0 Å². The highest BCUT2D eigenvalue weighted by Crippen LogP contribution is 2.25. The largest absolute Gasteiger partial charge is 0.367 e. The summed E-state index contributed by atoms with van der Waals surface area (Å²) in [6, 6.07) is 18.7. The first kappa shape index (κ1) is 19.1. The molecule has 0 unspecified atom stereocenters. The van der Waals surface area contributed by atoms with Crippen molar-refractivity contribution in [1.82, 2.24) is 0 Å². The lowest BCUT2D eigenvalue weighted by molar-refractivity contribution is 0.151. The van der Waals surface area contributed by atoms with Crippen LogP contribution in [0.2, 0.25) is 0 Å². The number of hydrogen-bond donors (Lipinski definition) is 0. The van der Waals surface area contributed by atoms with Gasteiger partial charge in [-0.1, -0.05) is 74.5 Å². The van der Waals surface area contributed by atoms with Crippen molar-refractivity contribution in [1.29, 1.82) is 0 Å². The topological polar surface area (TPSA) is 9.23 Å². The van der Waals surface area contributed by atoms with Crippen LogP contribution in [0.4, 0.5) is 8.78 Å². The first-order chi connectivity index (χ1) is 12.2. The van der Waals surface area contributed by atoms with Crippen LogP contribution >= 0.6 is 0 Å². The summed E-state index contributed by atoms with van der Waals surface area (Å²) in [5.41, 5.74) is 2.87. The molecule has 0 aliphatic rings. The molecular formula is C22H24F2O. The van der Waals surface area contributed by atoms with Crippen LogP contribution in [-0.4, -0.2) is 13.2 Å². The van der Waals surface area contributed by atoms with Gasteiger partial charge >= 0.3 is 0 Å². The van der Waals surface area contributed by atoms with Gasteiger partial charge in [-0.05, 0) is 35.1 Å². The monoisotopic (exact) mass is 342 g/mol. The Kier molecular flexibility index (Phi) is 7.55. The van der Waals surface area contributed by atoms with Gasteiger partial charge in [0.25, 0.3) is 0 Å². The zero-order valence-electron chi connectivity index (χ0n) is 14.8. The third-order valence-electron chi connectivity index (χ3n) is 4.06. The quantitative estimate of drug-likeness (QED) is 0.526. The molecule has 0 spiro atoms. The second-order valence-corrected chi connectivity index (χ2v) is 5.70. The summed E-state index contributed by atoms with van der Waals surface area (Å²) in [6.45, 7) is 3.34. The zero-order valence-corrected chi connectivity index (χ0v) is 14.8. The smallest absolute Gasteiger partial charge is 0.129 e. The summed E-state index contributed by atoms with van der Waals surface area (Å²) in [5.74, 6) is -0.696. The molecule has 25 heavy (non-hydrogen) atoms. The molecule has 2 rings (SSSR count). The summed E-state index contributed by atoms with van der Waals surface area (Å²) in [5, 5.41) is 0. The van der Waals surface area contributed by atoms with Crippen molar-refractivity contribution >= 4 is 11.1 Å². The van der Waals surface area contributed by atoms with Crippen LogP contribution in [0.25, 0.3) is 11.1 Å².